The average molecular weight is 261 g/mol. The van der Waals surface area contributed by atoms with Crippen molar-refractivity contribution in [1.29, 1.82) is 0 Å². The van der Waals surface area contributed by atoms with Crippen LogP contribution in [0.15, 0.2) is 18.2 Å². The van der Waals surface area contributed by atoms with Crippen molar-refractivity contribution in [3.8, 4) is 0 Å². The Morgan fingerprint density at radius 1 is 1.16 bits per heavy atom. The molecule has 1 heterocycles. The third-order valence-electron chi connectivity index (χ3n) is 3.89. The van der Waals surface area contributed by atoms with Gasteiger partial charge >= 0.3 is 0 Å². The maximum Gasteiger partial charge on any atom is 0.0108 e. The highest BCUT2D eigenvalue weighted by atomic mass is 15.2. The molecule has 0 spiro atoms. The van der Waals surface area contributed by atoms with E-state index in [2.05, 4.69) is 47.6 Å². The fourth-order valence-corrected chi connectivity index (χ4v) is 2.59. The van der Waals surface area contributed by atoms with Crippen molar-refractivity contribution in [2.24, 2.45) is 0 Å². The van der Waals surface area contributed by atoms with Crippen LogP contribution in [0.3, 0.4) is 0 Å². The molecule has 2 rings (SSSR count). The lowest BCUT2D eigenvalue weighted by Gasteiger charge is -2.27. The Balaban J connectivity index is 1.62. The molecule has 0 amide bonds. The zero-order valence-electron chi connectivity index (χ0n) is 12.3. The molecule has 3 heteroatoms. The van der Waals surface area contributed by atoms with E-state index in [0.717, 1.165) is 32.6 Å². The van der Waals surface area contributed by atoms with Crippen molar-refractivity contribution in [3.63, 3.8) is 0 Å². The van der Waals surface area contributed by atoms with Crippen molar-refractivity contribution in [2.75, 3.05) is 45.8 Å². The van der Waals surface area contributed by atoms with Gasteiger partial charge in [-0.3, -0.25) is 4.90 Å². The molecule has 0 saturated carbocycles. The number of nitrogens with zero attached hydrogens (tertiary/aromatic N) is 1. The minimum atomic E-state index is 1.08. The van der Waals surface area contributed by atoms with Gasteiger partial charge in [-0.05, 0) is 37.9 Å². The van der Waals surface area contributed by atoms with Crippen LogP contribution in [-0.4, -0.2) is 50.7 Å². The maximum atomic E-state index is 3.57. The van der Waals surface area contributed by atoms with Crippen LogP contribution >= 0.6 is 0 Å². The number of nitrogens with one attached hydrogen (secondary N) is 2. The van der Waals surface area contributed by atoms with Crippen molar-refractivity contribution in [2.45, 2.75) is 20.3 Å². The van der Waals surface area contributed by atoms with E-state index >= 15 is 0 Å². The summed E-state index contributed by atoms with van der Waals surface area (Å²) < 4.78 is 0. The Morgan fingerprint density at radius 3 is 2.74 bits per heavy atom. The van der Waals surface area contributed by atoms with Gasteiger partial charge in [-0.1, -0.05) is 23.8 Å². The first kappa shape index (κ1) is 14.5. The van der Waals surface area contributed by atoms with Crippen LogP contribution in [0, 0.1) is 13.8 Å². The molecule has 106 valence electrons. The Kier molecular flexibility index (Phi) is 5.83. The number of hydrogen-bond acceptors (Lipinski definition) is 3. The first-order valence-corrected chi connectivity index (χ1v) is 7.45. The van der Waals surface area contributed by atoms with Gasteiger partial charge in [-0.2, -0.15) is 0 Å². The Morgan fingerprint density at radius 2 is 1.95 bits per heavy atom. The van der Waals surface area contributed by atoms with E-state index in [1.54, 1.807) is 0 Å². The second-order valence-corrected chi connectivity index (χ2v) is 5.52. The maximum absolute atomic E-state index is 3.57. The van der Waals surface area contributed by atoms with Gasteiger partial charge in [0.2, 0.25) is 0 Å². The van der Waals surface area contributed by atoms with Gasteiger partial charge < -0.3 is 10.6 Å². The van der Waals surface area contributed by atoms with E-state index in [0.29, 0.717) is 0 Å². The first-order valence-electron chi connectivity index (χ1n) is 7.45. The number of hydrogen-bond donors (Lipinski definition) is 2. The molecular formula is C16H27N3. The summed E-state index contributed by atoms with van der Waals surface area (Å²) in [6.07, 6.45) is 1.13. The molecule has 1 aromatic carbocycles. The van der Waals surface area contributed by atoms with E-state index in [4.69, 9.17) is 0 Å². The minimum Gasteiger partial charge on any atom is -0.315 e. The number of benzene rings is 1. The van der Waals surface area contributed by atoms with Crippen LogP contribution in [0.4, 0.5) is 0 Å². The summed E-state index contributed by atoms with van der Waals surface area (Å²) in [4.78, 5) is 2.53. The molecule has 1 aliphatic rings. The zero-order chi connectivity index (χ0) is 13.5. The lowest BCUT2D eigenvalue weighted by Crippen LogP contribution is -2.45. The predicted molar refractivity (Wildman–Crippen MR) is 81.8 cm³/mol. The van der Waals surface area contributed by atoms with E-state index in [9.17, 15) is 0 Å². The second-order valence-electron chi connectivity index (χ2n) is 5.52. The second kappa shape index (κ2) is 7.63. The van der Waals surface area contributed by atoms with Gasteiger partial charge in [0, 0.05) is 39.3 Å². The summed E-state index contributed by atoms with van der Waals surface area (Å²) in [7, 11) is 0. The molecule has 1 fully saturated rings. The number of aryl methyl sites for hydroxylation is 2. The molecule has 1 aromatic rings. The fourth-order valence-electron chi connectivity index (χ4n) is 2.59. The molecule has 0 unspecified atom stereocenters. The van der Waals surface area contributed by atoms with Crippen LogP contribution in [0.1, 0.15) is 16.7 Å². The summed E-state index contributed by atoms with van der Waals surface area (Å²) in [6.45, 7) is 12.4. The third kappa shape index (κ3) is 4.94. The molecule has 1 saturated heterocycles. The largest absolute Gasteiger partial charge is 0.315 e. The quantitative estimate of drug-likeness (QED) is 0.757. The van der Waals surface area contributed by atoms with Gasteiger partial charge in [-0.15, -0.1) is 0 Å². The lowest BCUT2D eigenvalue weighted by molar-refractivity contribution is 0.241. The Hall–Kier alpha value is -0.900. The summed E-state index contributed by atoms with van der Waals surface area (Å²) >= 11 is 0. The number of rotatable bonds is 6. The van der Waals surface area contributed by atoms with Crippen LogP contribution in [0.5, 0.6) is 0 Å². The number of piperazine rings is 1. The van der Waals surface area contributed by atoms with Gasteiger partial charge in [0.15, 0.2) is 0 Å². The standard InChI is InChI=1S/C16H27N3/c1-14-3-4-15(2)16(13-14)5-6-17-7-10-19-11-8-18-9-12-19/h3-4,13,17-18H,5-12H2,1-2H3. The van der Waals surface area contributed by atoms with Crippen molar-refractivity contribution < 1.29 is 0 Å². The monoisotopic (exact) mass is 261 g/mol. The van der Waals surface area contributed by atoms with Gasteiger partial charge in [-0.25, -0.2) is 0 Å². The van der Waals surface area contributed by atoms with Crippen LogP contribution in [0.25, 0.3) is 0 Å². The Bertz CT molecular complexity index is 384. The molecule has 0 radical (unpaired) electrons. The van der Waals surface area contributed by atoms with E-state index < -0.39 is 0 Å². The zero-order valence-corrected chi connectivity index (χ0v) is 12.3. The van der Waals surface area contributed by atoms with Crippen molar-refractivity contribution in [3.05, 3.63) is 34.9 Å². The summed E-state index contributed by atoms with van der Waals surface area (Å²) in [5, 5.41) is 6.95. The van der Waals surface area contributed by atoms with Gasteiger partial charge in [0.05, 0.1) is 0 Å². The highest BCUT2D eigenvalue weighted by Crippen LogP contribution is 2.10. The molecule has 0 atom stereocenters. The smallest absolute Gasteiger partial charge is 0.0108 e. The van der Waals surface area contributed by atoms with E-state index in [-0.39, 0.29) is 0 Å². The molecule has 3 nitrogen and oxygen atoms in total. The first-order chi connectivity index (χ1) is 9.25. The van der Waals surface area contributed by atoms with E-state index in [1.165, 1.54) is 36.3 Å². The normalized spacial score (nSPS) is 16.7. The predicted octanol–water partition coefficient (Wildman–Crippen LogP) is 1.34. The topological polar surface area (TPSA) is 27.3 Å². The minimum absolute atomic E-state index is 1.08. The summed E-state index contributed by atoms with van der Waals surface area (Å²) in [5.74, 6) is 0. The third-order valence-corrected chi connectivity index (χ3v) is 3.89. The SMILES string of the molecule is Cc1ccc(C)c(CCNCCN2CCNCC2)c1. The van der Waals surface area contributed by atoms with Gasteiger partial charge in [0.1, 0.15) is 0 Å². The van der Waals surface area contributed by atoms with Crippen molar-refractivity contribution in [1.82, 2.24) is 15.5 Å². The summed E-state index contributed by atoms with van der Waals surface area (Å²) in [6, 6.07) is 6.73. The summed E-state index contributed by atoms with van der Waals surface area (Å²) in [5.41, 5.74) is 4.26. The molecular weight excluding hydrogens is 234 g/mol. The molecule has 0 aromatic heterocycles. The van der Waals surface area contributed by atoms with Crippen LogP contribution < -0.4 is 10.6 Å². The van der Waals surface area contributed by atoms with Crippen LogP contribution in [-0.2, 0) is 6.42 Å². The highest BCUT2D eigenvalue weighted by Gasteiger charge is 2.07. The van der Waals surface area contributed by atoms with Crippen LogP contribution in [0.2, 0.25) is 0 Å². The lowest BCUT2D eigenvalue weighted by atomic mass is 10.0. The molecule has 19 heavy (non-hydrogen) atoms. The van der Waals surface area contributed by atoms with Crippen molar-refractivity contribution >= 4 is 0 Å². The molecule has 0 aliphatic carbocycles. The fraction of sp³-hybridized carbons (Fsp3) is 0.625. The molecule has 0 bridgehead atoms. The highest BCUT2D eigenvalue weighted by molar-refractivity contribution is 5.30. The molecule has 2 N–H and O–H groups in total. The van der Waals surface area contributed by atoms with Gasteiger partial charge in [0.25, 0.3) is 0 Å². The Labute approximate surface area is 117 Å². The molecule has 1 aliphatic heterocycles. The van der Waals surface area contributed by atoms with E-state index in [1.807, 2.05) is 0 Å². The average Bonchev–Trinajstić information content (AvgIpc) is 2.43.